The molecule has 1 fully saturated rings. The minimum atomic E-state index is -0.244. The smallest absolute Gasteiger partial charge is 0.242 e. The van der Waals surface area contributed by atoms with Gasteiger partial charge in [-0.05, 0) is 20.8 Å². The average molecular weight is 349 g/mol. The number of morpholine rings is 1. The number of hydrogen-bond donors (Lipinski definition) is 1. The van der Waals surface area contributed by atoms with Crippen molar-refractivity contribution < 1.29 is 9.53 Å². The lowest BCUT2D eigenvalue weighted by molar-refractivity contribution is -0.124. The number of nitrogens with one attached hydrogen (secondary N) is 1. The zero-order chi connectivity index (χ0) is 17.1. The van der Waals surface area contributed by atoms with E-state index in [-0.39, 0.29) is 24.1 Å². The number of amides is 1. The zero-order valence-electron chi connectivity index (χ0n) is 14.2. The Balaban J connectivity index is 1.63. The highest BCUT2D eigenvalue weighted by atomic mass is 32.1. The van der Waals surface area contributed by atoms with E-state index < -0.39 is 0 Å². The van der Waals surface area contributed by atoms with Gasteiger partial charge in [-0.2, -0.15) is 5.10 Å². The molecule has 0 bridgehead atoms. The molecule has 0 aromatic carbocycles. The number of anilines is 1. The molecule has 0 spiro atoms. The Morgan fingerprint density at radius 3 is 2.96 bits per heavy atom. The van der Waals surface area contributed by atoms with E-state index >= 15 is 0 Å². The lowest BCUT2D eigenvalue weighted by atomic mass is 10.2. The van der Waals surface area contributed by atoms with Gasteiger partial charge in [0.25, 0.3) is 0 Å². The van der Waals surface area contributed by atoms with Crippen LogP contribution in [-0.4, -0.2) is 51.3 Å². The predicted molar refractivity (Wildman–Crippen MR) is 93.1 cm³/mol. The maximum absolute atomic E-state index is 12.6. The molecule has 1 aliphatic rings. The van der Waals surface area contributed by atoms with Crippen molar-refractivity contribution in [1.82, 2.24) is 19.7 Å². The summed E-state index contributed by atoms with van der Waals surface area (Å²) in [7, 11) is 0. The van der Waals surface area contributed by atoms with Gasteiger partial charge in [-0.1, -0.05) is 0 Å². The van der Waals surface area contributed by atoms with E-state index in [9.17, 15) is 4.79 Å². The third-order valence-electron chi connectivity index (χ3n) is 4.16. The standard InChI is InChI=1S/C16H23N5O2S/c1-11(2)21-14(4-5-18-21)19-15(22)12(3)20-7-8-23-13(10-20)16-17-6-9-24-16/h4-6,9,11-13H,7-8,10H2,1-3H3,(H,19,22)/t12-,13-/m0/s1. The Morgan fingerprint density at radius 2 is 2.25 bits per heavy atom. The zero-order valence-corrected chi connectivity index (χ0v) is 15.0. The van der Waals surface area contributed by atoms with Gasteiger partial charge in [0.05, 0.1) is 18.8 Å². The fraction of sp³-hybridized carbons (Fsp3) is 0.562. The van der Waals surface area contributed by atoms with Crippen molar-refractivity contribution >= 4 is 23.1 Å². The second-order valence-electron chi connectivity index (χ2n) is 6.14. The van der Waals surface area contributed by atoms with E-state index in [1.165, 1.54) is 0 Å². The van der Waals surface area contributed by atoms with Gasteiger partial charge in [0.1, 0.15) is 16.9 Å². The van der Waals surface area contributed by atoms with Crippen LogP contribution in [0.4, 0.5) is 5.82 Å². The van der Waals surface area contributed by atoms with Crippen molar-refractivity contribution in [1.29, 1.82) is 0 Å². The van der Waals surface area contributed by atoms with Crippen molar-refractivity contribution in [2.24, 2.45) is 0 Å². The number of thiazole rings is 1. The first-order valence-electron chi connectivity index (χ1n) is 8.15. The summed E-state index contributed by atoms with van der Waals surface area (Å²) in [5.74, 6) is 0.698. The lowest BCUT2D eigenvalue weighted by Gasteiger charge is -2.35. The number of rotatable bonds is 5. The largest absolute Gasteiger partial charge is 0.368 e. The molecule has 2 atom stereocenters. The van der Waals surface area contributed by atoms with Gasteiger partial charge >= 0.3 is 0 Å². The van der Waals surface area contributed by atoms with E-state index in [2.05, 4.69) is 20.3 Å². The van der Waals surface area contributed by atoms with Crippen LogP contribution in [0.1, 0.15) is 37.9 Å². The molecule has 0 unspecified atom stereocenters. The molecule has 0 aliphatic carbocycles. The van der Waals surface area contributed by atoms with Crippen LogP contribution in [0, 0.1) is 0 Å². The van der Waals surface area contributed by atoms with E-state index in [1.807, 2.05) is 36.9 Å². The van der Waals surface area contributed by atoms with Gasteiger partial charge in [-0.15, -0.1) is 11.3 Å². The summed E-state index contributed by atoms with van der Waals surface area (Å²) in [5, 5.41) is 10.1. The van der Waals surface area contributed by atoms with E-state index in [0.717, 1.165) is 17.4 Å². The van der Waals surface area contributed by atoms with Crippen molar-refractivity contribution in [2.45, 2.75) is 39.0 Å². The van der Waals surface area contributed by atoms with Gasteiger partial charge < -0.3 is 10.1 Å². The Morgan fingerprint density at radius 1 is 1.42 bits per heavy atom. The number of nitrogens with zero attached hydrogens (tertiary/aromatic N) is 4. The average Bonchev–Trinajstić information content (AvgIpc) is 3.25. The number of carbonyl (C=O) groups is 1. The topological polar surface area (TPSA) is 72.3 Å². The van der Waals surface area contributed by atoms with Crippen molar-refractivity contribution in [3.05, 3.63) is 28.8 Å². The summed E-state index contributed by atoms with van der Waals surface area (Å²) in [6.45, 7) is 8.01. The van der Waals surface area contributed by atoms with Crippen molar-refractivity contribution in [3.8, 4) is 0 Å². The molecule has 1 amide bonds. The molecule has 130 valence electrons. The molecular formula is C16H23N5O2S. The fourth-order valence-electron chi connectivity index (χ4n) is 2.79. The Labute approximate surface area is 145 Å². The summed E-state index contributed by atoms with van der Waals surface area (Å²) < 4.78 is 7.61. The van der Waals surface area contributed by atoms with Crippen molar-refractivity contribution in [2.75, 3.05) is 25.0 Å². The van der Waals surface area contributed by atoms with Crippen LogP contribution in [0.2, 0.25) is 0 Å². The van der Waals surface area contributed by atoms with Crippen molar-refractivity contribution in [3.63, 3.8) is 0 Å². The van der Waals surface area contributed by atoms with Crippen LogP contribution in [-0.2, 0) is 9.53 Å². The summed E-state index contributed by atoms with van der Waals surface area (Å²) in [6, 6.07) is 1.78. The molecule has 0 saturated carbocycles. The molecule has 3 rings (SSSR count). The summed E-state index contributed by atoms with van der Waals surface area (Å²) in [5.41, 5.74) is 0. The summed E-state index contributed by atoms with van der Waals surface area (Å²) in [6.07, 6.45) is 3.43. The lowest BCUT2D eigenvalue weighted by Crippen LogP contribution is -2.48. The third-order valence-corrected chi connectivity index (χ3v) is 5.03. The first-order valence-corrected chi connectivity index (χ1v) is 9.03. The first-order chi connectivity index (χ1) is 11.6. The first kappa shape index (κ1) is 17.1. The second kappa shape index (κ2) is 7.42. The van der Waals surface area contributed by atoms with Gasteiger partial charge in [0, 0.05) is 36.8 Å². The molecule has 2 aromatic heterocycles. The summed E-state index contributed by atoms with van der Waals surface area (Å²) in [4.78, 5) is 19.1. The van der Waals surface area contributed by atoms with Gasteiger partial charge in [-0.3, -0.25) is 9.69 Å². The van der Waals surface area contributed by atoms with Crippen LogP contribution < -0.4 is 5.32 Å². The van der Waals surface area contributed by atoms with Crippen LogP contribution in [0.25, 0.3) is 0 Å². The predicted octanol–water partition coefficient (Wildman–Crippen LogP) is 2.32. The monoisotopic (exact) mass is 349 g/mol. The van der Waals surface area contributed by atoms with Gasteiger partial charge in [-0.25, -0.2) is 9.67 Å². The number of aromatic nitrogens is 3. The highest BCUT2D eigenvalue weighted by Crippen LogP contribution is 2.25. The molecule has 1 saturated heterocycles. The van der Waals surface area contributed by atoms with Crippen LogP contribution in [0.3, 0.4) is 0 Å². The van der Waals surface area contributed by atoms with E-state index in [4.69, 9.17) is 4.74 Å². The fourth-order valence-corrected chi connectivity index (χ4v) is 3.46. The van der Waals surface area contributed by atoms with Crippen LogP contribution in [0.5, 0.6) is 0 Å². The third kappa shape index (κ3) is 3.66. The Hall–Kier alpha value is -1.77. The van der Waals surface area contributed by atoms with Gasteiger partial charge in [0.2, 0.25) is 5.91 Å². The summed E-state index contributed by atoms with van der Waals surface area (Å²) >= 11 is 1.59. The minimum Gasteiger partial charge on any atom is -0.368 e. The quantitative estimate of drug-likeness (QED) is 0.897. The molecule has 1 aliphatic heterocycles. The highest BCUT2D eigenvalue weighted by molar-refractivity contribution is 7.09. The molecule has 24 heavy (non-hydrogen) atoms. The Kier molecular flexibility index (Phi) is 5.27. The Bertz CT molecular complexity index is 670. The number of hydrogen-bond acceptors (Lipinski definition) is 6. The SMILES string of the molecule is CC(C)n1nccc1NC(=O)[C@H](C)N1CCO[C@H](c2nccs2)C1. The molecule has 7 nitrogen and oxygen atoms in total. The molecular weight excluding hydrogens is 326 g/mol. The maximum atomic E-state index is 12.6. The second-order valence-corrected chi connectivity index (χ2v) is 7.07. The molecule has 1 N–H and O–H groups in total. The number of carbonyl (C=O) groups excluding carboxylic acids is 1. The minimum absolute atomic E-state index is 0.0304. The molecule has 8 heteroatoms. The molecule has 2 aromatic rings. The highest BCUT2D eigenvalue weighted by Gasteiger charge is 2.30. The van der Waals surface area contributed by atoms with Crippen LogP contribution >= 0.6 is 11.3 Å². The van der Waals surface area contributed by atoms with Gasteiger partial charge in [0.15, 0.2) is 0 Å². The number of ether oxygens (including phenoxy) is 1. The maximum Gasteiger partial charge on any atom is 0.242 e. The molecule has 3 heterocycles. The van der Waals surface area contributed by atoms with E-state index in [1.54, 1.807) is 23.7 Å². The molecule has 0 radical (unpaired) electrons. The van der Waals surface area contributed by atoms with Crippen LogP contribution in [0.15, 0.2) is 23.8 Å². The normalized spacial score (nSPS) is 20.2. The van der Waals surface area contributed by atoms with E-state index in [0.29, 0.717) is 13.2 Å².